The first-order chi connectivity index (χ1) is 10.2. The molecule has 0 spiro atoms. The Labute approximate surface area is 142 Å². The van der Waals surface area contributed by atoms with Crippen molar-refractivity contribution >= 4 is 28.1 Å². The Morgan fingerprint density at radius 2 is 1.91 bits per heavy atom. The number of hydrogen-bond donors (Lipinski definition) is 2. The third-order valence-corrected chi connectivity index (χ3v) is 5.71. The van der Waals surface area contributed by atoms with Crippen LogP contribution in [0, 0.1) is 29.9 Å². The first-order valence-electron chi connectivity index (χ1n) is 7.21. The number of nitrogens with zero attached hydrogens (tertiary/aromatic N) is 1. The quantitative estimate of drug-likeness (QED) is 0.628. The predicted molar refractivity (Wildman–Crippen MR) is 90.6 cm³/mol. The summed E-state index contributed by atoms with van der Waals surface area (Å²) in [4.78, 5) is 10.3. The van der Waals surface area contributed by atoms with Crippen LogP contribution in [0.2, 0.25) is 0 Å². The van der Waals surface area contributed by atoms with Gasteiger partial charge in [-0.1, -0.05) is 6.92 Å². The van der Waals surface area contributed by atoms with Crippen LogP contribution in [0.1, 0.15) is 24.5 Å². The lowest BCUT2D eigenvalue weighted by molar-refractivity contribution is -0.387. The molecule has 9 heteroatoms. The highest BCUT2D eigenvalue weighted by Gasteiger charge is 2.31. The van der Waals surface area contributed by atoms with E-state index in [0.717, 1.165) is 13.0 Å². The summed E-state index contributed by atoms with van der Waals surface area (Å²) in [5.74, 6) is 0.182. The summed E-state index contributed by atoms with van der Waals surface area (Å²) in [5, 5.41) is 14.3. The Bertz CT molecular complexity index is 694. The number of hydrogen-bond acceptors (Lipinski definition) is 5. The van der Waals surface area contributed by atoms with Crippen LogP contribution in [-0.2, 0) is 10.0 Å². The number of piperidine rings is 1. The van der Waals surface area contributed by atoms with Gasteiger partial charge in [0.25, 0.3) is 5.69 Å². The van der Waals surface area contributed by atoms with Gasteiger partial charge in [-0.05, 0) is 49.9 Å². The molecule has 0 amide bonds. The molecule has 1 fully saturated rings. The topological polar surface area (TPSA) is 101 Å². The fourth-order valence-corrected chi connectivity index (χ4v) is 4.12. The van der Waals surface area contributed by atoms with E-state index in [1.807, 2.05) is 6.92 Å². The average molecular weight is 364 g/mol. The van der Waals surface area contributed by atoms with Crippen molar-refractivity contribution in [1.82, 2.24) is 10.0 Å². The van der Waals surface area contributed by atoms with Crippen LogP contribution < -0.4 is 10.0 Å². The maximum atomic E-state index is 12.6. The highest BCUT2D eigenvalue weighted by molar-refractivity contribution is 7.89. The van der Waals surface area contributed by atoms with Gasteiger partial charge < -0.3 is 5.32 Å². The smallest absolute Gasteiger partial charge is 0.289 e. The molecule has 0 aromatic heterocycles. The number of nitrogens with one attached hydrogen (secondary N) is 2. The van der Waals surface area contributed by atoms with Gasteiger partial charge in [-0.15, -0.1) is 12.4 Å². The summed E-state index contributed by atoms with van der Waals surface area (Å²) >= 11 is 0. The van der Waals surface area contributed by atoms with Gasteiger partial charge in [0.1, 0.15) is 0 Å². The molecule has 1 aromatic rings. The monoisotopic (exact) mass is 363 g/mol. The van der Waals surface area contributed by atoms with Gasteiger partial charge in [0.2, 0.25) is 10.0 Å². The van der Waals surface area contributed by atoms with E-state index in [1.54, 1.807) is 13.8 Å². The van der Waals surface area contributed by atoms with Gasteiger partial charge in [-0.25, -0.2) is 13.1 Å². The van der Waals surface area contributed by atoms with Crippen molar-refractivity contribution in [3.63, 3.8) is 0 Å². The normalized spacial score (nSPS) is 21.5. The Balaban J connectivity index is 0.00000264. The number of nitro benzene ring substituents is 1. The molecule has 7 nitrogen and oxygen atoms in total. The standard InChI is InChI=1S/C14H21N3O4S.ClH/c1-9-4-5-15-8-12(9)16-22(20,21)14-7-11(3)10(2)6-13(14)17(18)19;/h6-7,9,12,15-16H,4-5,8H2,1-3H3;1H. The zero-order valence-electron chi connectivity index (χ0n) is 13.3. The van der Waals surface area contributed by atoms with Gasteiger partial charge in [0.15, 0.2) is 4.90 Å². The second-order valence-electron chi connectivity index (χ2n) is 5.86. The van der Waals surface area contributed by atoms with Gasteiger partial charge in [0, 0.05) is 18.7 Å². The van der Waals surface area contributed by atoms with E-state index in [4.69, 9.17) is 0 Å². The molecule has 0 bridgehead atoms. The van der Waals surface area contributed by atoms with E-state index in [9.17, 15) is 18.5 Å². The molecule has 130 valence electrons. The fraction of sp³-hybridized carbons (Fsp3) is 0.571. The van der Waals surface area contributed by atoms with Crippen LogP contribution in [0.5, 0.6) is 0 Å². The first kappa shape index (κ1) is 19.8. The Kier molecular flexibility index (Phi) is 6.52. The zero-order valence-corrected chi connectivity index (χ0v) is 15.0. The van der Waals surface area contributed by atoms with Crippen LogP contribution in [0.15, 0.2) is 17.0 Å². The van der Waals surface area contributed by atoms with Crippen molar-refractivity contribution in [3.05, 3.63) is 33.4 Å². The Morgan fingerprint density at radius 3 is 2.48 bits per heavy atom. The van der Waals surface area contributed by atoms with Gasteiger partial charge in [-0.2, -0.15) is 0 Å². The maximum Gasteiger partial charge on any atom is 0.289 e. The van der Waals surface area contributed by atoms with E-state index in [-0.39, 0.29) is 34.9 Å². The summed E-state index contributed by atoms with van der Waals surface area (Å²) in [6.07, 6.45) is 0.863. The summed E-state index contributed by atoms with van der Waals surface area (Å²) < 4.78 is 27.8. The highest BCUT2D eigenvalue weighted by atomic mass is 35.5. The Morgan fingerprint density at radius 1 is 1.30 bits per heavy atom. The lowest BCUT2D eigenvalue weighted by Crippen LogP contribution is -2.50. The number of rotatable bonds is 4. The molecule has 1 saturated heterocycles. The molecule has 1 heterocycles. The minimum atomic E-state index is -3.94. The van der Waals surface area contributed by atoms with Crippen molar-refractivity contribution in [1.29, 1.82) is 0 Å². The number of benzene rings is 1. The largest absolute Gasteiger partial charge is 0.315 e. The second kappa shape index (κ2) is 7.57. The molecule has 0 radical (unpaired) electrons. The molecule has 23 heavy (non-hydrogen) atoms. The highest BCUT2D eigenvalue weighted by Crippen LogP contribution is 2.28. The molecule has 1 aromatic carbocycles. The van der Waals surface area contributed by atoms with Gasteiger partial charge in [0.05, 0.1) is 4.92 Å². The SMILES string of the molecule is Cc1cc([N+](=O)[O-])c(S(=O)(=O)NC2CNCCC2C)cc1C.Cl. The molecule has 0 aliphatic carbocycles. The molecular formula is C14H22ClN3O4S. The van der Waals surface area contributed by atoms with E-state index in [1.165, 1.54) is 12.1 Å². The van der Waals surface area contributed by atoms with Crippen molar-refractivity contribution in [2.24, 2.45) is 5.92 Å². The van der Waals surface area contributed by atoms with E-state index in [0.29, 0.717) is 17.7 Å². The molecule has 2 N–H and O–H groups in total. The summed E-state index contributed by atoms with van der Waals surface area (Å²) in [7, 11) is -3.94. The van der Waals surface area contributed by atoms with Crippen LogP contribution in [-0.4, -0.2) is 32.5 Å². The predicted octanol–water partition coefficient (Wildman–Crippen LogP) is 1.91. The average Bonchev–Trinajstić information content (AvgIpc) is 2.43. The van der Waals surface area contributed by atoms with Crippen molar-refractivity contribution in [2.75, 3.05) is 13.1 Å². The van der Waals surface area contributed by atoms with Gasteiger partial charge in [-0.3, -0.25) is 10.1 Å². The molecule has 2 atom stereocenters. The van der Waals surface area contributed by atoms with E-state index in [2.05, 4.69) is 10.0 Å². The number of aryl methyl sites for hydroxylation is 2. The maximum absolute atomic E-state index is 12.6. The van der Waals surface area contributed by atoms with Crippen molar-refractivity contribution in [2.45, 2.75) is 38.1 Å². The minimum Gasteiger partial charge on any atom is -0.315 e. The van der Waals surface area contributed by atoms with Gasteiger partial charge >= 0.3 is 0 Å². The number of nitro groups is 1. The fourth-order valence-electron chi connectivity index (χ4n) is 2.54. The van der Waals surface area contributed by atoms with E-state index >= 15 is 0 Å². The van der Waals surface area contributed by atoms with Crippen LogP contribution in [0.3, 0.4) is 0 Å². The van der Waals surface area contributed by atoms with Crippen LogP contribution in [0.25, 0.3) is 0 Å². The summed E-state index contributed by atoms with van der Waals surface area (Å²) in [5.41, 5.74) is 1.02. The van der Waals surface area contributed by atoms with Crippen LogP contribution in [0.4, 0.5) is 5.69 Å². The zero-order chi connectivity index (χ0) is 16.5. The summed E-state index contributed by atoms with van der Waals surface area (Å²) in [6, 6.07) is 2.42. The first-order valence-corrected chi connectivity index (χ1v) is 8.69. The molecule has 1 aliphatic rings. The van der Waals surface area contributed by atoms with Crippen molar-refractivity contribution < 1.29 is 13.3 Å². The second-order valence-corrected chi connectivity index (χ2v) is 7.54. The summed E-state index contributed by atoms with van der Waals surface area (Å²) in [6.45, 7) is 6.81. The minimum absolute atomic E-state index is 0. The lowest BCUT2D eigenvalue weighted by Gasteiger charge is -2.29. The molecule has 2 rings (SSSR count). The number of sulfonamides is 1. The molecular weight excluding hydrogens is 342 g/mol. The van der Waals surface area contributed by atoms with E-state index < -0.39 is 14.9 Å². The lowest BCUT2D eigenvalue weighted by atomic mass is 9.96. The molecule has 0 saturated carbocycles. The third kappa shape index (κ3) is 4.41. The Hall–Kier alpha value is -1.22. The van der Waals surface area contributed by atoms with Crippen LogP contribution >= 0.6 is 12.4 Å². The molecule has 2 unspecified atom stereocenters. The van der Waals surface area contributed by atoms with Crippen molar-refractivity contribution in [3.8, 4) is 0 Å². The number of halogens is 1. The third-order valence-electron chi connectivity index (χ3n) is 4.20. The molecule has 1 aliphatic heterocycles.